The number of amides is 1. The lowest BCUT2D eigenvalue weighted by atomic mass is 10.2. The number of hydrogen-bond donors (Lipinski definition) is 2. The van der Waals surface area contributed by atoms with Gasteiger partial charge in [0.1, 0.15) is 17.6 Å². The Kier molecular flexibility index (Phi) is 5.52. The van der Waals surface area contributed by atoms with Crippen LogP contribution in [-0.2, 0) is 10.5 Å². The minimum absolute atomic E-state index is 0.216. The van der Waals surface area contributed by atoms with E-state index in [4.69, 9.17) is 8.83 Å². The molecule has 0 aliphatic carbocycles. The highest BCUT2D eigenvalue weighted by Gasteiger charge is 2.14. The minimum Gasteiger partial charge on any atom is -0.468 e. The van der Waals surface area contributed by atoms with Gasteiger partial charge in [-0.3, -0.25) is 4.79 Å². The monoisotopic (exact) mass is 293 g/mol. The minimum atomic E-state index is -0.530. The highest BCUT2D eigenvalue weighted by molar-refractivity contribution is 8.01. The van der Waals surface area contributed by atoms with Gasteiger partial charge < -0.3 is 19.3 Å². The molecule has 0 bridgehead atoms. The highest BCUT2D eigenvalue weighted by atomic mass is 32.2. The number of aliphatic hydroxyl groups is 1. The van der Waals surface area contributed by atoms with Crippen molar-refractivity contribution in [3.8, 4) is 0 Å². The second-order valence-corrected chi connectivity index (χ2v) is 4.85. The van der Waals surface area contributed by atoms with Gasteiger partial charge in [-0.25, -0.2) is 0 Å². The quantitative estimate of drug-likeness (QED) is 0.767. The SMILES string of the molecule is O=C(/C=C/SCc1ccco1)NC(CO)c1ccco1. The van der Waals surface area contributed by atoms with Gasteiger partial charge in [0.25, 0.3) is 0 Å². The molecule has 0 aliphatic heterocycles. The smallest absolute Gasteiger partial charge is 0.245 e. The molecule has 2 heterocycles. The molecular formula is C14H15NO4S. The lowest BCUT2D eigenvalue weighted by Gasteiger charge is -2.11. The van der Waals surface area contributed by atoms with E-state index in [-0.39, 0.29) is 12.5 Å². The molecule has 2 rings (SSSR count). The van der Waals surface area contributed by atoms with Gasteiger partial charge in [-0.15, -0.1) is 11.8 Å². The van der Waals surface area contributed by atoms with Gasteiger partial charge in [-0.2, -0.15) is 0 Å². The van der Waals surface area contributed by atoms with Gasteiger partial charge in [0.15, 0.2) is 0 Å². The van der Waals surface area contributed by atoms with Gasteiger partial charge in [0.05, 0.1) is 24.9 Å². The van der Waals surface area contributed by atoms with E-state index in [2.05, 4.69) is 5.32 Å². The summed E-state index contributed by atoms with van der Waals surface area (Å²) in [7, 11) is 0. The van der Waals surface area contributed by atoms with E-state index in [1.54, 1.807) is 23.8 Å². The molecule has 106 valence electrons. The van der Waals surface area contributed by atoms with Gasteiger partial charge in [0, 0.05) is 6.08 Å². The van der Waals surface area contributed by atoms with Crippen LogP contribution in [-0.4, -0.2) is 17.6 Å². The topological polar surface area (TPSA) is 75.6 Å². The summed E-state index contributed by atoms with van der Waals surface area (Å²) in [6.07, 6.45) is 4.53. The van der Waals surface area contributed by atoms with Crippen molar-refractivity contribution in [1.29, 1.82) is 0 Å². The highest BCUT2D eigenvalue weighted by Crippen LogP contribution is 2.14. The Morgan fingerprint density at radius 3 is 2.80 bits per heavy atom. The number of rotatable bonds is 7. The number of nitrogens with one attached hydrogen (secondary N) is 1. The summed E-state index contributed by atoms with van der Waals surface area (Å²) in [5, 5.41) is 13.6. The van der Waals surface area contributed by atoms with Crippen molar-refractivity contribution >= 4 is 17.7 Å². The summed E-state index contributed by atoms with van der Waals surface area (Å²) in [6.45, 7) is -0.216. The Labute approximate surface area is 120 Å². The van der Waals surface area contributed by atoms with Crippen LogP contribution in [0, 0.1) is 0 Å². The maximum absolute atomic E-state index is 11.7. The van der Waals surface area contributed by atoms with Crippen LogP contribution in [0.5, 0.6) is 0 Å². The molecule has 2 aromatic rings. The van der Waals surface area contributed by atoms with Crippen LogP contribution in [0.25, 0.3) is 0 Å². The lowest BCUT2D eigenvalue weighted by molar-refractivity contribution is -0.117. The second kappa shape index (κ2) is 7.62. The van der Waals surface area contributed by atoms with Crippen LogP contribution in [0.15, 0.2) is 57.1 Å². The van der Waals surface area contributed by atoms with Gasteiger partial charge in [-0.1, -0.05) is 0 Å². The second-order valence-electron chi connectivity index (χ2n) is 3.95. The molecule has 0 saturated carbocycles. The largest absolute Gasteiger partial charge is 0.468 e. The molecule has 5 nitrogen and oxygen atoms in total. The summed E-state index contributed by atoms with van der Waals surface area (Å²) < 4.78 is 10.3. The van der Waals surface area contributed by atoms with Crippen molar-refractivity contribution in [3.05, 3.63) is 59.8 Å². The van der Waals surface area contributed by atoms with E-state index in [1.165, 1.54) is 24.1 Å². The van der Waals surface area contributed by atoms with Crippen LogP contribution < -0.4 is 5.32 Å². The van der Waals surface area contributed by atoms with Gasteiger partial charge in [-0.05, 0) is 29.7 Å². The molecule has 20 heavy (non-hydrogen) atoms. The van der Waals surface area contributed by atoms with Crippen LogP contribution in [0.4, 0.5) is 0 Å². The molecule has 1 atom stereocenters. The Morgan fingerprint density at radius 1 is 1.35 bits per heavy atom. The van der Waals surface area contributed by atoms with Gasteiger partial charge in [0.2, 0.25) is 5.91 Å². The molecule has 2 aromatic heterocycles. The average molecular weight is 293 g/mol. The van der Waals surface area contributed by atoms with E-state index in [0.717, 1.165) is 5.76 Å². The lowest BCUT2D eigenvalue weighted by Crippen LogP contribution is -2.28. The van der Waals surface area contributed by atoms with Crippen molar-refractivity contribution < 1.29 is 18.7 Å². The summed E-state index contributed by atoms with van der Waals surface area (Å²) in [6, 6.07) is 6.58. The van der Waals surface area contributed by atoms with Crippen molar-refractivity contribution in [1.82, 2.24) is 5.32 Å². The van der Waals surface area contributed by atoms with Crippen LogP contribution in [0.3, 0.4) is 0 Å². The molecule has 0 saturated heterocycles. The Morgan fingerprint density at radius 2 is 2.15 bits per heavy atom. The summed E-state index contributed by atoms with van der Waals surface area (Å²) in [5.41, 5.74) is 0. The molecule has 0 radical (unpaired) electrons. The molecule has 6 heteroatoms. The zero-order valence-electron chi connectivity index (χ0n) is 10.7. The molecule has 0 aromatic carbocycles. The zero-order chi connectivity index (χ0) is 14.2. The number of thioether (sulfide) groups is 1. The van der Waals surface area contributed by atoms with Crippen molar-refractivity contribution in [2.45, 2.75) is 11.8 Å². The fourth-order valence-corrected chi connectivity index (χ4v) is 2.20. The van der Waals surface area contributed by atoms with E-state index in [0.29, 0.717) is 11.5 Å². The number of carbonyl (C=O) groups is 1. The first kappa shape index (κ1) is 14.5. The number of carbonyl (C=O) groups excluding carboxylic acids is 1. The number of hydrogen-bond acceptors (Lipinski definition) is 5. The van der Waals surface area contributed by atoms with E-state index < -0.39 is 6.04 Å². The van der Waals surface area contributed by atoms with E-state index in [9.17, 15) is 9.90 Å². The Hall–Kier alpha value is -1.92. The molecular weight excluding hydrogens is 278 g/mol. The normalized spacial score (nSPS) is 12.7. The van der Waals surface area contributed by atoms with Crippen molar-refractivity contribution in [2.75, 3.05) is 6.61 Å². The zero-order valence-corrected chi connectivity index (χ0v) is 11.5. The van der Waals surface area contributed by atoms with Crippen molar-refractivity contribution in [3.63, 3.8) is 0 Å². The third-order valence-corrected chi connectivity index (χ3v) is 3.29. The molecule has 0 fully saturated rings. The number of aliphatic hydroxyl groups excluding tert-OH is 1. The van der Waals surface area contributed by atoms with Crippen LogP contribution in [0.2, 0.25) is 0 Å². The first-order valence-corrected chi connectivity index (χ1v) is 7.09. The average Bonchev–Trinajstić information content (AvgIpc) is 3.13. The Balaban J connectivity index is 1.76. The fourth-order valence-electron chi connectivity index (χ4n) is 1.55. The third kappa shape index (κ3) is 4.32. The maximum Gasteiger partial charge on any atom is 0.245 e. The standard InChI is InChI=1S/C14H15NO4S/c16-9-12(13-4-2-7-19-13)15-14(17)5-8-20-10-11-3-1-6-18-11/h1-8,12,16H,9-10H2,(H,15,17)/b8-5+. The summed E-state index contributed by atoms with van der Waals surface area (Å²) >= 11 is 1.45. The molecule has 1 amide bonds. The third-order valence-electron chi connectivity index (χ3n) is 2.51. The molecule has 1 unspecified atom stereocenters. The first-order valence-electron chi connectivity index (χ1n) is 6.05. The molecule has 2 N–H and O–H groups in total. The van der Waals surface area contributed by atoms with Crippen molar-refractivity contribution in [2.24, 2.45) is 0 Å². The van der Waals surface area contributed by atoms with E-state index >= 15 is 0 Å². The maximum atomic E-state index is 11.7. The summed E-state index contributed by atoms with van der Waals surface area (Å²) in [5.74, 6) is 1.76. The van der Waals surface area contributed by atoms with Crippen LogP contribution >= 0.6 is 11.8 Å². The molecule has 0 spiro atoms. The summed E-state index contributed by atoms with van der Waals surface area (Å²) in [4.78, 5) is 11.7. The van der Waals surface area contributed by atoms with Gasteiger partial charge >= 0.3 is 0 Å². The first-order chi connectivity index (χ1) is 9.79. The molecule has 0 aliphatic rings. The van der Waals surface area contributed by atoms with Crippen LogP contribution in [0.1, 0.15) is 17.6 Å². The Bertz CT molecular complexity index is 534. The van der Waals surface area contributed by atoms with E-state index in [1.807, 2.05) is 12.1 Å². The number of furan rings is 2. The predicted molar refractivity (Wildman–Crippen MR) is 75.8 cm³/mol. The predicted octanol–water partition coefficient (Wildman–Crippen LogP) is 2.47. The fraction of sp³-hybridized carbons (Fsp3) is 0.214.